The predicted octanol–water partition coefficient (Wildman–Crippen LogP) is 3.76. The van der Waals surface area contributed by atoms with E-state index in [0.29, 0.717) is 5.75 Å². The number of hydrogen-bond acceptors (Lipinski definition) is 2. The van der Waals surface area contributed by atoms with Crippen molar-refractivity contribution in [1.82, 2.24) is 0 Å². The Morgan fingerprint density at radius 1 is 1.26 bits per heavy atom. The summed E-state index contributed by atoms with van der Waals surface area (Å²) in [7, 11) is 0. The van der Waals surface area contributed by atoms with Gasteiger partial charge in [-0.05, 0) is 42.5 Å². The molecule has 0 saturated heterocycles. The summed E-state index contributed by atoms with van der Waals surface area (Å²) < 4.78 is 0. The highest BCUT2D eigenvalue weighted by atomic mass is 35.5. The number of aromatic hydroxyl groups is 1. The van der Waals surface area contributed by atoms with Crippen LogP contribution in [0, 0.1) is 0 Å². The molecule has 1 aromatic carbocycles. The van der Waals surface area contributed by atoms with Crippen LogP contribution in [0.15, 0.2) is 23.8 Å². The van der Waals surface area contributed by atoms with Gasteiger partial charge in [-0.3, -0.25) is 0 Å². The SMILES string of the molecule is CC12CCCCCC(=Cc3ccc(O)cc31)C2N.Cl. The van der Waals surface area contributed by atoms with E-state index < -0.39 is 0 Å². The minimum Gasteiger partial charge on any atom is -0.508 e. The Bertz CT molecular complexity index is 511. The fraction of sp³-hybridized carbons (Fsp3) is 0.500. The lowest BCUT2D eigenvalue weighted by atomic mass is 9.64. The standard InChI is InChI=1S/C16H21NO.ClH/c1-16-8-4-2-3-5-12(15(16)17)9-11-6-7-13(18)10-14(11)16;/h6-7,9-10,15,18H,2-5,8,17H2,1H3;1H. The van der Waals surface area contributed by atoms with Crippen molar-refractivity contribution in [2.24, 2.45) is 5.73 Å². The van der Waals surface area contributed by atoms with Crippen LogP contribution in [0.3, 0.4) is 0 Å². The smallest absolute Gasteiger partial charge is 0.115 e. The van der Waals surface area contributed by atoms with Crippen LogP contribution in [-0.4, -0.2) is 11.1 Å². The van der Waals surface area contributed by atoms with Gasteiger partial charge in [0.15, 0.2) is 0 Å². The van der Waals surface area contributed by atoms with Crippen molar-refractivity contribution in [2.45, 2.75) is 50.5 Å². The highest BCUT2D eigenvalue weighted by molar-refractivity contribution is 5.85. The van der Waals surface area contributed by atoms with Crippen molar-refractivity contribution in [2.75, 3.05) is 0 Å². The molecule has 2 aliphatic carbocycles. The maximum atomic E-state index is 9.75. The molecular formula is C16H22ClNO. The first-order valence-corrected chi connectivity index (χ1v) is 6.91. The lowest BCUT2D eigenvalue weighted by molar-refractivity contribution is 0.335. The summed E-state index contributed by atoms with van der Waals surface area (Å²) in [4.78, 5) is 0. The molecule has 0 spiro atoms. The van der Waals surface area contributed by atoms with E-state index in [9.17, 15) is 5.11 Å². The fourth-order valence-corrected chi connectivity index (χ4v) is 3.55. The number of fused-ring (bicyclic) bond motifs is 4. The molecule has 0 heterocycles. The largest absolute Gasteiger partial charge is 0.508 e. The van der Waals surface area contributed by atoms with Crippen LogP contribution in [-0.2, 0) is 5.41 Å². The number of phenols is 1. The first kappa shape index (κ1) is 14.4. The summed E-state index contributed by atoms with van der Waals surface area (Å²) in [6, 6.07) is 5.81. The number of nitrogens with two attached hydrogens (primary N) is 1. The molecule has 2 unspecified atom stereocenters. The van der Waals surface area contributed by atoms with Crippen LogP contribution < -0.4 is 5.73 Å². The highest BCUT2D eigenvalue weighted by Gasteiger charge is 2.40. The summed E-state index contributed by atoms with van der Waals surface area (Å²) >= 11 is 0. The topological polar surface area (TPSA) is 46.2 Å². The molecule has 2 aliphatic rings. The molecule has 0 amide bonds. The minimum absolute atomic E-state index is 0. The van der Waals surface area contributed by atoms with Gasteiger partial charge in [-0.25, -0.2) is 0 Å². The van der Waals surface area contributed by atoms with E-state index in [0.717, 1.165) is 12.8 Å². The summed E-state index contributed by atoms with van der Waals surface area (Å²) in [5.74, 6) is 0.348. The summed E-state index contributed by atoms with van der Waals surface area (Å²) in [6.07, 6.45) is 8.24. The Morgan fingerprint density at radius 2 is 2.05 bits per heavy atom. The van der Waals surface area contributed by atoms with Crippen LogP contribution in [0.5, 0.6) is 5.75 Å². The van der Waals surface area contributed by atoms with Crippen LogP contribution in [0.1, 0.15) is 50.2 Å². The average molecular weight is 280 g/mol. The number of rotatable bonds is 0. The molecule has 2 nitrogen and oxygen atoms in total. The zero-order valence-corrected chi connectivity index (χ0v) is 12.2. The van der Waals surface area contributed by atoms with Gasteiger partial charge in [-0.2, -0.15) is 0 Å². The van der Waals surface area contributed by atoms with E-state index in [2.05, 4.69) is 13.0 Å². The van der Waals surface area contributed by atoms with Gasteiger partial charge < -0.3 is 10.8 Å². The van der Waals surface area contributed by atoms with E-state index in [1.807, 2.05) is 12.1 Å². The molecule has 0 radical (unpaired) electrons. The third kappa shape index (κ3) is 2.28. The minimum atomic E-state index is -0.0153. The Morgan fingerprint density at radius 3 is 2.84 bits per heavy atom. The molecule has 2 bridgehead atoms. The van der Waals surface area contributed by atoms with Crippen molar-refractivity contribution < 1.29 is 5.11 Å². The predicted molar refractivity (Wildman–Crippen MR) is 81.7 cm³/mol. The zero-order valence-electron chi connectivity index (χ0n) is 11.4. The third-order valence-corrected chi connectivity index (χ3v) is 4.74. The second kappa shape index (κ2) is 5.18. The second-order valence-electron chi connectivity index (χ2n) is 5.95. The molecule has 0 aliphatic heterocycles. The van der Waals surface area contributed by atoms with Gasteiger partial charge in [0.25, 0.3) is 0 Å². The van der Waals surface area contributed by atoms with Crippen LogP contribution >= 0.6 is 12.4 Å². The number of halogens is 1. The Labute approximate surface area is 121 Å². The van der Waals surface area contributed by atoms with Gasteiger partial charge in [-0.1, -0.05) is 37.5 Å². The van der Waals surface area contributed by atoms with E-state index >= 15 is 0 Å². The monoisotopic (exact) mass is 279 g/mol. The number of benzene rings is 1. The van der Waals surface area contributed by atoms with Gasteiger partial charge >= 0.3 is 0 Å². The lowest BCUT2D eigenvalue weighted by Gasteiger charge is -2.43. The van der Waals surface area contributed by atoms with E-state index in [1.54, 1.807) is 6.07 Å². The first-order chi connectivity index (χ1) is 8.61. The van der Waals surface area contributed by atoms with Gasteiger partial charge in [0, 0.05) is 11.5 Å². The van der Waals surface area contributed by atoms with Crippen molar-refractivity contribution in [3.8, 4) is 5.75 Å². The Kier molecular flexibility index (Phi) is 3.93. The maximum Gasteiger partial charge on any atom is 0.115 e. The normalized spacial score (nSPS) is 29.4. The van der Waals surface area contributed by atoms with Crippen LogP contribution in [0.4, 0.5) is 0 Å². The quantitative estimate of drug-likeness (QED) is 0.759. The van der Waals surface area contributed by atoms with Gasteiger partial charge in [-0.15, -0.1) is 12.4 Å². The summed E-state index contributed by atoms with van der Waals surface area (Å²) in [5, 5.41) is 9.75. The maximum absolute atomic E-state index is 9.75. The van der Waals surface area contributed by atoms with Crippen molar-refractivity contribution in [3.05, 3.63) is 34.9 Å². The summed E-state index contributed by atoms with van der Waals surface area (Å²) in [6.45, 7) is 2.26. The van der Waals surface area contributed by atoms with Gasteiger partial charge in [0.2, 0.25) is 0 Å². The molecule has 2 atom stereocenters. The van der Waals surface area contributed by atoms with E-state index in [1.165, 1.54) is 36.0 Å². The lowest BCUT2D eigenvalue weighted by Crippen LogP contribution is -2.47. The molecule has 19 heavy (non-hydrogen) atoms. The van der Waals surface area contributed by atoms with Crippen molar-refractivity contribution in [3.63, 3.8) is 0 Å². The average Bonchev–Trinajstić information content (AvgIpc) is 2.35. The van der Waals surface area contributed by atoms with Crippen LogP contribution in [0.25, 0.3) is 6.08 Å². The van der Waals surface area contributed by atoms with E-state index in [4.69, 9.17) is 5.73 Å². The third-order valence-electron chi connectivity index (χ3n) is 4.74. The molecule has 104 valence electrons. The zero-order chi connectivity index (χ0) is 12.8. The Hall–Kier alpha value is -0.990. The van der Waals surface area contributed by atoms with Gasteiger partial charge in [0.1, 0.15) is 5.75 Å². The number of phenolic OH excluding ortho intramolecular Hbond substituents is 1. The molecule has 1 aromatic rings. The number of hydrogen-bond donors (Lipinski definition) is 2. The molecular weight excluding hydrogens is 258 g/mol. The molecule has 3 rings (SSSR count). The molecule has 3 heteroatoms. The fourth-order valence-electron chi connectivity index (χ4n) is 3.55. The molecule has 0 aromatic heterocycles. The first-order valence-electron chi connectivity index (χ1n) is 6.91. The summed E-state index contributed by atoms with van der Waals surface area (Å²) in [5.41, 5.74) is 10.3. The van der Waals surface area contributed by atoms with Crippen molar-refractivity contribution in [1.29, 1.82) is 0 Å². The van der Waals surface area contributed by atoms with Crippen LogP contribution in [0.2, 0.25) is 0 Å². The van der Waals surface area contributed by atoms with Gasteiger partial charge in [0.05, 0.1) is 0 Å². The Balaban J connectivity index is 0.00000133. The molecule has 3 N–H and O–H groups in total. The second-order valence-corrected chi connectivity index (χ2v) is 5.95. The van der Waals surface area contributed by atoms with E-state index in [-0.39, 0.29) is 23.9 Å². The molecule has 1 fully saturated rings. The molecule has 1 saturated carbocycles. The van der Waals surface area contributed by atoms with Crippen molar-refractivity contribution >= 4 is 18.5 Å². The highest BCUT2D eigenvalue weighted by Crippen LogP contribution is 2.45.